The summed E-state index contributed by atoms with van der Waals surface area (Å²) in [5.41, 5.74) is 4.26. The minimum atomic E-state index is -3.44. The molecule has 0 aromatic heterocycles. The van der Waals surface area contributed by atoms with Crippen LogP contribution in [-0.4, -0.2) is 22.2 Å². The second-order valence-electron chi connectivity index (χ2n) is 9.43. The lowest BCUT2D eigenvalue weighted by Crippen LogP contribution is -2.33. The van der Waals surface area contributed by atoms with E-state index in [0.717, 1.165) is 25.5 Å². The van der Waals surface area contributed by atoms with Crippen molar-refractivity contribution in [2.75, 3.05) is 7.05 Å². The number of benzene rings is 2. The Morgan fingerprint density at radius 2 is 1.54 bits per heavy atom. The summed E-state index contributed by atoms with van der Waals surface area (Å²) >= 11 is 0. The van der Waals surface area contributed by atoms with Crippen LogP contribution in [0.25, 0.3) is 0 Å². The molecule has 1 aliphatic heterocycles. The van der Waals surface area contributed by atoms with Crippen molar-refractivity contribution in [3.8, 4) is 0 Å². The van der Waals surface area contributed by atoms with Gasteiger partial charge in [-0.1, -0.05) is 87.8 Å². The molecule has 28 heavy (non-hydrogen) atoms. The van der Waals surface area contributed by atoms with Crippen LogP contribution in [-0.2, 0) is 22.9 Å². The third-order valence-corrected chi connectivity index (χ3v) is 8.42. The fourth-order valence-electron chi connectivity index (χ4n) is 4.47. The van der Waals surface area contributed by atoms with E-state index in [1.165, 1.54) is 23.6 Å². The number of nitrogens with one attached hydrogen (secondary N) is 1. The number of sulfonamides is 1. The third-order valence-electron chi connectivity index (χ3n) is 7.01. The van der Waals surface area contributed by atoms with Gasteiger partial charge in [0.15, 0.2) is 6.71 Å². The molecule has 1 heterocycles. The molecule has 1 fully saturated rings. The summed E-state index contributed by atoms with van der Waals surface area (Å²) in [7, 11) is -1.97. The summed E-state index contributed by atoms with van der Waals surface area (Å²) in [6.07, 6.45) is 4.06. The quantitative estimate of drug-likeness (QED) is 0.745. The van der Waals surface area contributed by atoms with Crippen molar-refractivity contribution in [2.24, 2.45) is 10.8 Å². The lowest BCUT2D eigenvalue weighted by Gasteiger charge is -2.35. The number of hydrogen-bond donors (Lipinski definition) is 1. The summed E-state index contributed by atoms with van der Waals surface area (Å²) in [5.74, 6) is 0. The smallest absolute Gasteiger partial charge is 0.214 e. The minimum Gasteiger partial charge on any atom is -0.214 e. The highest BCUT2D eigenvalue weighted by Gasteiger charge is 2.48. The van der Waals surface area contributed by atoms with Gasteiger partial charge in [-0.2, -0.15) is 0 Å². The monoisotopic (exact) mass is 397 g/mol. The van der Waals surface area contributed by atoms with E-state index in [9.17, 15) is 8.42 Å². The van der Waals surface area contributed by atoms with E-state index >= 15 is 0 Å². The maximum absolute atomic E-state index is 12.4. The van der Waals surface area contributed by atoms with Crippen molar-refractivity contribution >= 4 is 22.2 Å². The first kappa shape index (κ1) is 21.1. The standard InChI is InChI=1S/C23H32BNO2S/c1-22(2)16-24(17-23(22,3)4)21-15-20(28(26,27)25-5)14-13-19(21)12-11-18-9-7-6-8-10-18/h6-10,13-15,25H,11-12,16-17H2,1-5H3. The fourth-order valence-corrected chi connectivity index (χ4v) is 5.23. The van der Waals surface area contributed by atoms with E-state index in [2.05, 4.69) is 56.7 Å². The van der Waals surface area contributed by atoms with E-state index < -0.39 is 10.0 Å². The second kappa shape index (κ2) is 7.68. The summed E-state index contributed by atoms with van der Waals surface area (Å²) in [5, 5.41) is 0. The average molecular weight is 397 g/mol. The van der Waals surface area contributed by atoms with Crippen LogP contribution in [0.15, 0.2) is 53.4 Å². The van der Waals surface area contributed by atoms with Gasteiger partial charge >= 0.3 is 0 Å². The highest BCUT2D eigenvalue weighted by atomic mass is 32.2. The van der Waals surface area contributed by atoms with E-state index in [-0.39, 0.29) is 10.8 Å². The first-order valence-corrected chi connectivity index (χ1v) is 11.6. The molecule has 5 heteroatoms. The molecule has 0 atom stereocenters. The Kier molecular flexibility index (Phi) is 5.80. The van der Waals surface area contributed by atoms with E-state index in [0.29, 0.717) is 11.6 Å². The molecule has 3 rings (SSSR count). The largest absolute Gasteiger partial charge is 0.240 e. The summed E-state index contributed by atoms with van der Waals surface area (Å²) in [4.78, 5) is 0.371. The normalized spacial score (nSPS) is 18.4. The van der Waals surface area contributed by atoms with Crippen LogP contribution in [0.1, 0.15) is 38.8 Å². The second-order valence-corrected chi connectivity index (χ2v) is 11.3. The Morgan fingerprint density at radius 1 is 0.929 bits per heavy atom. The maximum atomic E-state index is 12.4. The van der Waals surface area contributed by atoms with Gasteiger partial charge in [0.05, 0.1) is 4.90 Å². The van der Waals surface area contributed by atoms with Crippen molar-refractivity contribution in [3.05, 3.63) is 59.7 Å². The zero-order valence-electron chi connectivity index (χ0n) is 17.7. The van der Waals surface area contributed by atoms with Crippen LogP contribution >= 0.6 is 0 Å². The topological polar surface area (TPSA) is 46.2 Å². The molecule has 2 aromatic rings. The van der Waals surface area contributed by atoms with Crippen molar-refractivity contribution in [2.45, 2.75) is 58.1 Å². The van der Waals surface area contributed by atoms with Crippen LogP contribution in [0.4, 0.5) is 0 Å². The highest BCUT2D eigenvalue weighted by Crippen LogP contribution is 2.52. The lowest BCUT2D eigenvalue weighted by molar-refractivity contribution is 0.177. The Balaban J connectivity index is 1.97. The Bertz CT molecular complexity index is 920. The SMILES string of the molecule is CNS(=O)(=O)c1ccc(CCc2ccccc2)c(B2CC(C)(C)C(C)(C)C2)c1. The lowest BCUT2D eigenvalue weighted by atomic mass is 9.41. The van der Waals surface area contributed by atoms with Crippen LogP contribution in [0.5, 0.6) is 0 Å². The van der Waals surface area contributed by atoms with Gasteiger partial charge in [-0.15, -0.1) is 0 Å². The zero-order chi connectivity index (χ0) is 20.6. The molecule has 2 aromatic carbocycles. The van der Waals surface area contributed by atoms with Crippen molar-refractivity contribution in [1.29, 1.82) is 0 Å². The molecule has 0 bridgehead atoms. The Labute approximate surface area is 171 Å². The van der Waals surface area contributed by atoms with E-state index in [4.69, 9.17) is 0 Å². The molecular formula is C23H32BNO2S. The Morgan fingerprint density at radius 3 is 2.11 bits per heavy atom. The molecule has 0 spiro atoms. The average Bonchev–Trinajstić information content (AvgIpc) is 2.88. The molecule has 0 unspecified atom stereocenters. The van der Waals surface area contributed by atoms with Gasteiger partial charge in [-0.3, -0.25) is 0 Å². The molecule has 0 amide bonds. The number of aryl methyl sites for hydroxylation is 2. The summed E-state index contributed by atoms with van der Waals surface area (Å²) in [6, 6.07) is 16.2. The molecule has 0 aliphatic carbocycles. The molecule has 1 aliphatic rings. The van der Waals surface area contributed by atoms with Crippen molar-refractivity contribution in [3.63, 3.8) is 0 Å². The predicted molar refractivity (Wildman–Crippen MR) is 119 cm³/mol. The maximum Gasteiger partial charge on any atom is 0.240 e. The Hall–Kier alpha value is -1.59. The van der Waals surface area contributed by atoms with Crippen molar-refractivity contribution < 1.29 is 8.42 Å². The van der Waals surface area contributed by atoms with Gasteiger partial charge in [-0.25, -0.2) is 13.1 Å². The van der Waals surface area contributed by atoms with E-state index in [1.54, 1.807) is 6.07 Å². The summed E-state index contributed by atoms with van der Waals surface area (Å²) < 4.78 is 27.3. The number of rotatable bonds is 6. The van der Waals surface area contributed by atoms with Gasteiger partial charge < -0.3 is 0 Å². The van der Waals surface area contributed by atoms with Crippen LogP contribution in [0, 0.1) is 10.8 Å². The molecule has 3 nitrogen and oxygen atoms in total. The summed E-state index contributed by atoms with van der Waals surface area (Å²) in [6.45, 7) is 9.74. The van der Waals surface area contributed by atoms with Gasteiger partial charge in [0.1, 0.15) is 0 Å². The van der Waals surface area contributed by atoms with Gasteiger partial charge in [0, 0.05) is 0 Å². The minimum absolute atomic E-state index is 0.228. The van der Waals surface area contributed by atoms with Gasteiger partial charge in [0.2, 0.25) is 10.0 Å². The highest BCUT2D eigenvalue weighted by molar-refractivity contribution is 7.89. The molecule has 0 saturated carbocycles. The zero-order valence-corrected chi connectivity index (χ0v) is 18.6. The molecular weight excluding hydrogens is 365 g/mol. The van der Waals surface area contributed by atoms with Gasteiger partial charge in [0.25, 0.3) is 0 Å². The van der Waals surface area contributed by atoms with Crippen LogP contribution in [0.3, 0.4) is 0 Å². The molecule has 1 saturated heterocycles. The fraction of sp³-hybridized carbons (Fsp3) is 0.478. The van der Waals surface area contributed by atoms with Crippen LogP contribution in [0.2, 0.25) is 12.6 Å². The van der Waals surface area contributed by atoms with Crippen molar-refractivity contribution in [1.82, 2.24) is 4.72 Å². The van der Waals surface area contributed by atoms with Crippen LogP contribution < -0.4 is 10.2 Å². The third kappa shape index (κ3) is 4.21. The molecule has 1 N–H and O–H groups in total. The first-order chi connectivity index (χ1) is 13.1. The first-order valence-electron chi connectivity index (χ1n) is 10.2. The van der Waals surface area contributed by atoms with E-state index in [1.807, 2.05) is 18.2 Å². The predicted octanol–water partition coefficient (Wildman–Crippen LogP) is 4.15. The van der Waals surface area contributed by atoms with Gasteiger partial charge in [-0.05, 0) is 48.4 Å². The molecule has 0 radical (unpaired) electrons. The number of hydrogen-bond acceptors (Lipinski definition) is 2. The molecule has 150 valence electrons.